The Labute approximate surface area is 166 Å². The fraction of sp³-hybridized carbons (Fsp3) is 0.294. The fourth-order valence-corrected chi connectivity index (χ4v) is 3.04. The van der Waals surface area contributed by atoms with Gasteiger partial charge in [-0.15, -0.1) is 0 Å². The first kappa shape index (κ1) is 22.6. The number of anilines is 1. The van der Waals surface area contributed by atoms with Gasteiger partial charge in [-0.3, -0.25) is 0 Å². The van der Waals surface area contributed by atoms with E-state index < -0.39 is 42.2 Å². The molecule has 0 aliphatic rings. The molecular formula is C17H14Cl2F6N2O. The molecule has 0 radical (unpaired) electrons. The van der Waals surface area contributed by atoms with E-state index in [1.165, 1.54) is 6.07 Å². The molecule has 2 aromatic carbocycles. The van der Waals surface area contributed by atoms with E-state index in [-0.39, 0.29) is 21.3 Å². The van der Waals surface area contributed by atoms with E-state index >= 15 is 0 Å². The van der Waals surface area contributed by atoms with Crippen molar-refractivity contribution in [2.24, 2.45) is 5.73 Å². The van der Waals surface area contributed by atoms with Gasteiger partial charge in [-0.2, -0.15) is 26.3 Å². The molecule has 0 spiro atoms. The molecule has 0 aliphatic carbocycles. The van der Waals surface area contributed by atoms with Gasteiger partial charge in [0.2, 0.25) is 5.60 Å². The highest BCUT2D eigenvalue weighted by Crippen LogP contribution is 2.41. The van der Waals surface area contributed by atoms with Crippen molar-refractivity contribution in [1.82, 2.24) is 0 Å². The number of benzene rings is 2. The van der Waals surface area contributed by atoms with Gasteiger partial charge in [0.15, 0.2) is 0 Å². The molecule has 0 saturated carbocycles. The third-order valence-corrected chi connectivity index (χ3v) is 4.43. The van der Waals surface area contributed by atoms with Gasteiger partial charge in [0.1, 0.15) is 0 Å². The largest absolute Gasteiger partial charge is 0.423 e. The summed E-state index contributed by atoms with van der Waals surface area (Å²) in [6.07, 6.45) is -9.91. The molecule has 1 atom stereocenters. The minimum atomic E-state index is -5.17. The zero-order chi connectivity index (χ0) is 21.3. The maximum atomic E-state index is 13.6. The molecule has 2 rings (SSSR count). The number of hydrogen-bond acceptors (Lipinski definition) is 3. The summed E-state index contributed by atoms with van der Waals surface area (Å²) in [4.78, 5) is 0. The summed E-state index contributed by atoms with van der Waals surface area (Å²) in [5.41, 5.74) is -0.414. The van der Waals surface area contributed by atoms with E-state index in [1.807, 2.05) is 0 Å². The summed E-state index contributed by atoms with van der Waals surface area (Å²) in [6, 6.07) is 5.75. The van der Waals surface area contributed by atoms with Crippen LogP contribution in [-0.2, 0) is 18.3 Å². The molecule has 0 fully saturated rings. The number of nitrogens with one attached hydrogen (secondary N) is 1. The van der Waals surface area contributed by atoms with Crippen LogP contribution in [0.2, 0.25) is 10.0 Å². The Hall–Kier alpha value is -1.68. The predicted octanol–water partition coefficient (Wildman–Crippen LogP) is 5.33. The minimum absolute atomic E-state index is 0.142. The van der Waals surface area contributed by atoms with Gasteiger partial charge in [0.25, 0.3) is 0 Å². The monoisotopic (exact) mass is 446 g/mol. The summed E-state index contributed by atoms with van der Waals surface area (Å²) in [7, 11) is 0. The van der Waals surface area contributed by atoms with Crippen molar-refractivity contribution in [1.29, 1.82) is 0 Å². The number of aliphatic hydroxyl groups is 1. The first-order chi connectivity index (χ1) is 12.8. The van der Waals surface area contributed by atoms with Gasteiger partial charge < -0.3 is 16.2 Å². The van der Waals surface area contributed by atoms with Crippen molar-refractivity contribution < 1.29 is 31.4 Å². The van der Waals surface area contributed by atoms with Crippen molar-refractivity contribution >= 4 is 28.9 Å². The van der Waals surface area contributed by atoms with Crippen LogP contribution in [0.25, 0.3) is 0 Å². The molecule has 28 heavy (non-hydrogen) atoms. The highest BCUT2D eigenvalue weighted by Gasteiger charge is 2.55. The summed E-state index contributed by atoms with van der Waals surface area (Å²) >= 11 is 11.4. The minimum Gasteiger partial charge on any atom is -0.381 e. The second-order valence-corrected chi connectivity index (χ2v) is 6.82. The van der Waals surface area contributed by atoms with Crippen LogP contribution in [0.3, 0.4) is 0 Å². The molecule has 4 N–H and O–H groups in total. The van der Waals surface area contributed by atoms with E-state index in [9.17, 15) is 31.4 Å². The Bertz CT molecular complexity index is 836. The molecule has 0 saturated heterocycles. The lowest BCUT2D eigenvalue weighted by Gasteiger charge is -2.32. The third kappa shape index (κ3) is 4.83. The van der Waals surface area contributed by atoms with Crippen molar-refractivity contribution in [3.05, 3.63) is 63.1 Å². The Morgan fingerprint density at radius 2 is 1.50 bits per heavy atom. The third-order valence-electron chi connectivity index (χ3n) is 3.99. The molecule has 0 aliphatic heterocycles. The van der Waals surface area contributed by atoms with Crippen LogP contribution in [0.1, 0.15) is 16.7 Å². The van der Waals surface area contributed by atoms with E-state index in [2.05, 4.69) is 5.32 Å². The topological polar surface area (TPSA) is 58.3 Å². The van der Waals surface area contributed by atoms with Crippen LogP contribution in [0.4, 0.5) is 32.0 Å². The van der Waals surface area contributed by atoms with Crippen molar-refractivity contribution in [2.45, 2.75) is 24.5 Å². The van der Waals surface area contributed by atoms with Crippen molar-refractivity contribution in [3.63, 3.8) is 0 Å². The molecule has 0 heterocycles. The van der Waals surface area contributed by atoms with Crippen LogP contribution < -0.4 is 11.1 Å². The van der Waals surface area contributed by atoms with E-state index in [1.54, 1.807) is 0 Å². The molecule has 2 aromatic rings. The number of hydrogen-bond donors (Lipinski definition) is 3. The van der Waals surface area contributed by atoms with Crippen LogP contribution in [0.15, 0.2) is 36.4 Å². The normalized spacial score (nSPS) is 14.6. The summed E-state index contributed by atoms with van der Waals surface area (Å²) < 4.78 is 80.0. The van der Waals surface area contributed by atoms with Gasteiger partial charge in [-0.1, -0.05) is 29.3 Å². The molecule has 11 heteroatoms. The van der Waals surface area contributed by atoms with Crippen LogP contribution in [0.5, 0.6) is 0 Å². The van der Waals surface area contributed by atoms with Crippen molar-refractivity contribution in [2.75, 3.05) is 11.9 Å². The quantitative estimate of drug-likeness (QED) is 0.543. The maximum absolute atomic E-state index is 13.6. The first-order valence-corrected chi connectivity index (χ1v) is 8.43. The SMILES string of the molecule is NCc1ccc(NC[C@](O)(c2cc(Cl)cc(Cl)c2)C(F)(F)F)cc1C(F)(F)F. The lowest BCUT2D eigenvalue weighted by Crippen LogP contribution is -2.47. The summed E-state index contributed by atoms with van der Waals surface area (Å²) in [5.74, 6) is 0. The molecule has 3 nitrogen and oxygen atoms in total. The lowest BCUT2D eigenvalue weighted by atomic mass is 9.92. The van der Waals surface area contributed by atoms with Crippen LogP contribution in [-0.4, -0.2) is 17.8 Å². The van der Waals surface area contributed by atoms with E-state index in [4.69, 9.17) is 28.9 Å². The molecule has 0 bridgehead atoms. The number of alkyl halides is 6. The van der Waals surface area contributed by atoms with Gasteiger partial charge in [-0.25, -0.2) is 0 Å². The summed E-state index contributed by atoms with van der Waals surface area (Å²) in [5, 5.41) is 12.2. The molecule has 0 amide bonds. The number of rotatable bonds is 5. The predicted molar refractivity (Wildman–Crippen MR) is 94.2 cm³/mol. The summed E-state index contributed by atoms with van der Waals surface area (Å²) in [6.45, 7) is -1.57. The molecule has 0 unspecified atom stereocenters. The average molecular weight is 447 g/mol. The van der Waals surface area contributed by atoms with Crippen LogP contribution >= 0.6 is 23.2 Å². The Balaban J connectivity index is 2.40. The second-order valence-electron chi connectivity index (χ2n) is 5.94. The fourth-order valence-electron chi connectivity index (χ4n) is 2.52. The van der Waals surface area contributed by atoms with Gasteiger partial charge in [0.05, 0.1) is 12.1 Å². The number of nitrogens with two attached hydrogens (primary N) is 1. The molecule has 0 aromatic heterocycles. The number of halogens is 8. The second kappa shape index (κ2) is 7.98. The van der Waals surface area contributed by atoms with Gasteiger partial charge in [-0.05, 0) is 41.5 Å². The van der Waals surface area contributed by atoms with Gasteiger partial charge >= 0.3 is 12.4 Å². The van der Waals surface area contributed by atoms with Crippen LogP contribution in [0, 0.1) is 0 Å². The molecular weight excluding hydrogens is 433 g/mol. The zero-order valence-electron chi connectivity index (χ0n) is 13.9. The Kier molecular flexibility index (Phi) is 6.44. The lowest BCUT2D eigenvalue weighted by molar-refractivity contribution is -0.260. The zero-order valence-corrected chi connectivity index (χ0v) is 15.4. The van der Waals surface area contributed by atoms with E-state index in [0.29, 0.717) is 6.07 Å². The molecule has 154 valence electrons. The first-order valence-electron chi connectivity index (χ1n) is 7.67. The van der Waals surface area contributed by atoms with E-state index in [0.717, 1.165) is 24.3 Å². The Morgan fingerprint density at radius 3 is 1.96 bits per heavy atom. The smallest absolute Gasteiger partial charge is 0.381 e. The maximum Gasteiger partial charge on any atom is 0.423 e. The standard InChI is InChI=1S/C17H14Cl2F6N2O/c18-11-3-10(4-12(19)5-11)15(28,17(23,24)25)8-27-13-2-1-9(7-26)14(6-13)16(20,21)22/h1-6,27-28H,7-8,26H2/t15-/m0/s1. The highest BCUT2D eigenvalue weighted by atomic mass is 35.5. The van der Waals surface area contributed by atoms with Crippen molar-refractivity contribution in [3.8, 4) is 0 Å². The average Bonchev–Trinajstić information content (AvgIpc) is 2.56. The highest BCUT2D eigenvalue weighted by molar-refractivity contribution is 6.34. The van der Waals surface area contributed by atoms with Gasteiger partial charge in [0, 0.05) is 22.3 Å². The Morgan fingerprint density at radius 1 is 0.929 bits per heavy atom.